The van der Waals surface area contributed by atoms with Crippen molar-refractivity contribution in [2.75, 3.05) is 26.4 Å². The lowest BCUT2D eigenvalue weighted by atomic mass is 10.2. The summed E-state index contributed by atoms with van der Waals surface area (Å²) in [6.45, 7) is 1.23. The fraction of sp³-hybridized carbons (Fsp3) is 0.357. The first-order valence-electron chi connectivity index (χ1n) is 6.39. The highest BCUT2D eigenvalue weighted by Crippen LogP contribution is 2.36. The van der Waals surface area contributed by atoms with Crippen molar-refractivity contribution in [1.29, 1.82) is 0 Å². The number of benzene rings is 1. The van der Waals surface area contributed by atoms with Gasteiger partial charge in [0.25, 0.3) is 5.91 Å². The number of carbonyl (C=O) groups is 1. The Hall–Kier alpha value is -1.14. The zero-order valence-electron chi connectivity index (χ0n) is 10.7. The van der Waals surface area contributed by atoms with E-state index in [4.69, 9.17) is 16.3 Å². The number of rotatable bonds is 2. The van der Waals surface area contributed by atoms with Crippen LogP contribution in [-0.2, 0) is 4.74 Å². The van der Waals surface area contributed by atoms with Gasteiger partial charge in [-0.3, -0.25) is 4.79 Å². The lowest BCUT2D eigenvalue weighted by Gasteiger charge is -2.34. The number of aliphatic hydroxyl groups excluding tert-OH is 1. The Morgan fingerprint density at radius 1 is 1.50 bits per heavy atom. The van der Waals surface area contributed by atoms with E-state index in [1.54, 1.807) is 4.90 Å². The SMILES string of the molecule is O=C(c1sc2ccccc2c1Cl)N1CCOCC1CO. The monoisotopic (exact) mass is 311 g/mol. The van der Waals surface area contributed by atoms with Crippen LogP contribution in [0.1, 0.15) is 9.67 Å². The number of morpholine rings is 1. The van der Waals surface area contributed by atoms with Crippen LogP contribution in [0.25, 0.3) is 10.1 Å². The van der Waals surface area contributed by atoms with E-state index in [9.17, 15) is 9.90 Å². The number of thiophene rings is 1. The number of carbonyl (C=O) groups excluding carboxylic acids is 1. The van der Waals surface area contributed by atoms with Crippen LogP contribution >= 0.6 is 22.9 Å². The molecule has 2 heterocycles. The van der Waals surface area contributed by atoms with Crippen molar-refractivity contribution < 1.29 is 14.6 Å². The molecule has 1 atom stereocenters. The van der Waals surface area contributed by atoms with Crippen LogP contribution in [0, 0.1) is 0 Å². The molecule has 1 aromatic heterocycles. The number of fused-ring (bicyclic) bond motifs is 1. The Kier molecular flexibility index (Phi) is 3.94. The molecule has 1 saturated heterocycles. The highest BCUT2D eigenvalue weighted by Gasteiger charge is 2.30. The van der Waals surface area contributed by atoms with Gasteiger partial charge in [0.15, 0.2) is 0 Å². The van der Waals surface area contributed by atoms with Gasteiger partial charge < -0.3 is 14.7 Å². The van der Waals surface area contributed by atoms with Gasteiger partial charge >= 0.3 is 0 Å². The number of ether oxygens (including phenoxy) is 1. The Morgan fingerprint density at radius 2 is 2.30 bits per heavy atom. The molecule has 0 aliphatic carbocycles. The van der Waals surface area contributed by atoms with Gasteiger partial charge in [0.05, 0.1) is 30.9 Å². The molecular weight excluding hydrogens is 298 g/mol. The second-order valence-corrected chi connectivity index (χ2v) is 6.08. The van der Waals surface area contributed by atoms with Crippen LogP contribution in [-0.4, -0.2) is 48.3 Å². The number of hydrogen-bond acceptors (Lipinski definition) is 4. The van der Waals surface area contributed by atoms with Crippen molar-refractivity contribution >= 4 is 38.9 Å². The highest BCUT2D eigenvalue weighted by molar-refractivity contribution is 7.21. The van der Waals surface area contributed by atoms with Gasteiger partial charge in [-0.15, -0.1) is 11.3 Å². The normalized spacial score (nSPS) is 19.5. The van der Waals surface area contributed by atoms with Gasteiger partial charge in [-0.1, -0.05) is 29.8 Å². The standard InChI is InChI=1S/C14H14ClNO3S/c15-12-10-3-1-2-4-11(10)20-13(12)14(18)16-5-6-19-8-9(16)7-17/h1-4,9,17H,5-8H2. The number of halogens is 1. The summed E-state index contributed by atoms with van der Waals surface area (Å²) < 4.78 is 6.29. The molecule has 2 aromatic rings. The van der Waals surface area contributed by atoms with E-state index in [0.717, 1.165) is 10.1 Å². The van der Waals surface area contributed by atoms with E-state index >= 15 is 0 Å². The molecule has 4 nitrogen and oxygen atoms in total. The molecule has 0 bridgehead atoms. The topological polar surface area (TPSA) is 49.8 Å². The zero-order valence-corrected chi connectivity index (χ0v) is 12.3. The summed E-state index contributed by atoms with van der Waals surface area (Å²) in [6.07, 6.45) is 0. The van der Waals surface area contributed by atoms with Crippen LogP contribution in [0.5, 0.6) is 0 Å². The van der Waals surface area contributed by atoms with E-state index in [2.05, 4.69) is 0 Å². The molecule has 1 aromatic carbocycles. The number of hydrogen-bond donors (Lipinski definition) is 1. The largest absolute Gasteiger partial charge is 0.394 e. The second kappa shape index (κ2) is 5.69. The third-order valence-electron chi connectivity index (χ3n) is 3.43. The predicted octanol–water partition coefficient (Wildman–Crippen LogP) is 2.39. The zero-order chi connectivity index (χ0) is 14.1. The Morgan fingerprint density at radius 3 is 3.05 bits per heavy atom. The molecule has 3 rings (SSSR count). The summed E-state index contributed by atoms with van der Waals surface area (Å²) in [5, 5.41) is 10.8. The van der Waals surface area contributed by atoms with Crippen molar-refractivity contribution in [2.45, 2.75) is 6.04 Å². The van der Waals surface area contributed by atoms with Crippen LogP contribution in [0.2, 0.25) is 5.02 Å². The van der Waals surface area contributed by atoms with Gasteiger partial charge in [0, 0.05) is 16.6 Å². The summed E-state index contributed by atoms with van der Waals surface area (Å²) in [7, 11) is 0. The lowest BCUT2D eigenvalue weighted by Crippen LogP contribution is -2.50. The first-order chi connectivity index (χ1) is 9.72. The van der Waals surface area contributed by atoms with Gasteiger partial charge in [-0.25, -0.2) is 0 Å². The molecule has 1 aliphatic rings. The molecule has 6 heteroatoms. The molecule has 1 aliphatic heterocycles. The maximum absolute atomic E-state index is 12.6. The first-order valence-corrected chi connectivity index (χ1v) is 7.58. The molecule has 1 N–H and O–H groups in total. The van der Waals surface area contributed by atoms with Crippen LogP contribution in [0.3, 0.4) is 0 Å². The van der Waals surface area contributed by atoms with E-state index in [1.807, 2.05) is 24.3 Å². The molecule has 0 radical (unpaired) electrons. The van der Waals surface area contributed by atoms with Crippen molar-refractivity contribution in [2.24, 2.45) is 0 Å². The van der Waals surface area contributed by atoms with Crippen molar-refractivity contribution in [1.82, 2.24) is 4.90 Å². The summed E-state index contributed by atoms with van der Waals surface area (Å²) in [5.74, 6) is -0.126. The molecule has 20 heavy (non-hydrogen) atoms. The Labute approximate surface area is 125 Å². The highest BCUT2D eigenvalue weighted by atomic mass is 35.5. The van der Waals surface area contributed by atoms with E-state index in [0.29, 0.717) is 29.7 Å². The summed E-state index contributed by atoms with van der Waals surface area (Å²) >= 11 is 7.72. The Bertz CT molecular complexity index is 642. The quantitative estimate of drug-likeness (QED) is 0.926. The fourth-order valence-corrected chi connectivity index (χ4v) is 3.82. The first kappa shape index (κ1) is 13.8. The minimum Gasteiger partial charge on any atom is -0.394 e. The van der Waals surface area contributed by atoms with Gasteiger partial charge in [0.2, 0.25) is 0 Å². The molecule has 1 amide bonds. The average Bonchev–Trinajstić information content (AvgIpc) is 2.84. The molecule has 0 spiro atoms. The minimum atomic E-state index is -0.294. The smallest absolute Gasteiger partial charge is 0.265 e. The van der Waals surface area contributed by atoms with Gasteiger partial charge in [0.1, 0.15) is 4.88 Å². The lowest BCUT2D eigenvalue weighted by molar-refractivity contribution is -0.0181. The maximum Gasteiger partial charge on any atom is 0.265 e. The van der Waals surface area contributed by atoms with E-state index in [-0.39, 0.29) is 18.6 Å². The minimum absolute atomic E-state index is 0.103. The summed E-state index contributed by atoms with van der Waals surface area (Å²) in [6, 6.07) is 7.39. The molecular formula is C14H14ClNO3S. The second-order valence-electron chi connectivity index (χ2n) is 4.65. The van der Waals surface area contributed by atoms with E-state index < -0.39 is 0 Å². The average molecular weight is 312 g/mol. The predicted molar refractivity (Wildman–Crippen MR) is 79.6 cm³/mol. The number of amides is 1. The van der Waals surface area contributed by atoms with Crippen LogP contribution < -0.4 is 0 Å². The van der Waals surface area contributed by atoms with E-state index in [1.165, 1.54) is 11.3 Å². The van der Waals surface area contributed by atoms with Gasteiger partial charge in [-0.2, -0.15) is 0 Å². The summed E-state index contributed by atoms with van der Waals surface area (Å²) in [5.41, 5.74) is 0. The number of aliphatic hydroxyl groups is 1. The van der Waals surface area contributed by atoms with Crippen LogP contribution in [0.4, 0.5) is 0 Å². The summed E-state index contributed by atoms with van der Waals surface area (Å²) in [4.78, 5) is 14.8. The van der Waals surface area contributed by atoms with Crippen molar-refractivity contribution in [3.63, 3.8) is 0 Å². The van der Waals surface area contributed by atoms with Crippen LogP contribution in [0.15, 0.2) is 24.3 Å². The third-order valence-corrected chi connectivity index (χ3v) is 5.09. The van der Waals surface area contributed by atoms with Gasteiger partial charge in [-0.05, 0) is 6.07 Å². The molecule has 1 unspecified atom stereocenters. The molecule has 0 saturated carbocycles. The molecule has 1 fully saturated rings. The number of nitrogens with zero attached hydrogens (tertiary/aromatic N) is 1. The maximum atomic E-state index is 12.6. The fourth-order valence-electron chi connectivity index (χ4n) is 2.36. The third kappa shape index (κ3) is 2.31. The Balaban J connectivity index is 1.97. The van der Waals surface area contributed by atoms with Crippen molar-refractivity contribution in [3.8, 4) is 0 Å². The van der Waals surface area contributed by atoms with Crippen molar-refractivity contribution in [3.05, 3.63) is 34.2 Å². The molecule has 106 valence electrons.